The van der Waals surface area contributed by atoms with Gasteiger partial charge in [-0.15, -0.1) is 0 Å². The van der Waals surface area contributed by atoms with Gasteiger partial charge in [-0.3, -0.25) is 9.78 Å². The molecule has 1 heterocycles. The number of carboxylic acids is 1. The van der Waals surface area contributed by atoms with E-state index in [4.69, 9.17) is 23.2 Å². The molecule has 0 fully saturated rings. The van der Waals surface area contributed by atoms with E-state index in [1.165, 1.54) is 12.3 Å². The van der Waals surface area contributed by atoms with Crippen LogP contribution in [0.4, 0.5) is 0 Å². The molecule has 7 heteroatoms. The molecule has 0 unspecified atom stereocenters. The minimum Gasteiger partial charge on any atom is -0.480 e. The molecular formula is C15H12Cl2N2O3. The van der Waals surface area contributed by atoms with Crippen molar-refractivity contribution in [2.45, 2.75) is 12.5 Å². The first-order chi connectivity index (χ1) is 10.5. The Morgan fingerprint density at radius 2 is 1.95 bits per heavy atom. The lowest BCUT2D eigenvalue weighted by Gasteiger charge is -2.14. The lowest BCUT2D eigenvalue weighted by molar-refractivity contribution is -0.139. The van der Waals surface area contributed by atoms with Crippen molar-refractivity contribution >= 4 is 35.1 Å². The summed E-state index contributed by atoms with van der Waals surface area (Å²) in [5.74, 6) is -1.69. The van der Waals surface area contributed by atoms with E-state index in [1.54, 1.807) is 30.3 Å². The van der Waals surface area contributed by atoms with Gasteiger partial charge in [0.1, 0.15) is 11.7 Å². The quantitative estimate of drug-likeness (QED) is 0.878. The van der Waals surface area contributed by atoms with Gasteiger partial charge in [0.2, 0.25) is 0 Å². The number of halogens is 2. The molecule has 1 aromatic heterocycles. The first-order valence-corrected chi connectivity index (χ1v) is 7.11. The fraction of sp³-hybridized carbons (Fsp3) is 0.133. The van der Waals surface area contributed by atoms with Gasteiger partial charge < -0.3 is 10.4 Å². The molecule has 0 spiro atoms. The van der Waals surface area contributed by atoms with Crippen LogP contribution in [0, 0.1) is 0 Å². The topological polar surface area (TPSA) is 79.3 Å². The molecule has 0 radical (unpaired) electrons. The van der Waals surface area contributed by atoms with E-state index in [1.807, 2.05) is 0 Å². The van der Waals surface area contributed by atoms with Gasteiger partial charge in [-0.1, -0.05) is 35.3 Å². The molecule has 1 amide bonds. The third-order valence-corrected chi connectivity index (χ3v) is 3.66. The molecule has 0 bridgehead atoms. The highest BCUT2D eigenvalue weighted by atomic mass is 35.5. The van der Waals surface area contributed by atoms with Crippen molar-refractivity contribution in [1.82, 2.24) is 10.3 Å². The Morgan fingerprint density at radius 3 is 2.55 bits per heavy atom. The second-order valence-electron chi connectivity index (χ2n) is 4.53. The fourth-order valence-electron chi connectivity index (χ4n) is 1.83. The number of rotatable bonds is 5. The SMILES string of the molecule is O=C(N[C@@H](Cc1ccc(Cl)c(Cl)c1)C(=O)O)c1ccccn1. The van der Waals surface area contributed by atoms with Gasteiger partial charge >= 0.3 is 5.97 Å². The van der Waals surface area contributed by atoms with Crippen LogP contribution in [0.1, 0.15) is 16.1 Å². The van der Waals surface area contributed by atoms with Crippen LogP contribution in [0.5, 0.6) is 0 Å². The van der Waals surface area contributed by atoms with Crippen LogP contribution in [0.3, 0.4) is 0 Å². The summed E-state index contributed by atoms with van der Waals surface area (Å²) in [5, 5.41) is 12.4. The molecule has 1 aromatic carbocycles. The molecule has 0 saturated heterocycles. The second kappa shape index (κ2) is 7.24. The summed E-state index contributed by atoms with van der Waals surface area (Å²) in [6.45, 7) is 0. The first kappa shape index (κ1) is 16.3. The number of nitrogens with one attached hydrogen (secondary N) is 1. The highest BCUT2D eigenvalue weighted by Crippen LogP contribution is 2.23. The standard InChI is InChI=1S/C15H12Cl2N2O3/c16-10-5-4-9(7-11(10)17)8-13(15(21)22)19-14(20)12-3-1-2-6-18-12/h1-7,13H,8H2,(H,19,20)(H,21,22)/t13-/m0/s1. The highest BCUT2D eigenvalue weighted by Gasteiger charge is 2.21. The molecule has 0 aliphatic rings. The lowest BCUT2D eigenvalue weighted by Crippen LogP contribution is -2.42. The third-order valence-electron chi connectivity index (χ3n) is 2.92. The number of aromatic nitrogens is 1. The van der Waals surface area contributed by atoms with Crippen LogP contribution < -0.4 is 5.32 Å². The Morgan fingerprint density at radius 1 is 1.18 bits per heavy atom. The van der Waals surface area contributed by atoms with Crippen LogP contribution >= 0.6 is 23.2 Å². The van der Waals surface area contributed by atoms with E-state index < -0.39 is 17.9 Å². The van der Waals surface area contributed by atoms with Crippen molar-refractivity contribution in [2.24, 2.45) is 0 Å². The van der Waals surface area contributed by atoms with Crippen molar-refractivity contribution < 1.29 is 14.7 Å². The molecule has 5 nitrogen and oxygen atoms in total. The molecule has 0 aliphatic carbocycles. The van der Waals surface area contributed by atoms with Gasteiger partial charge in [0, 0.05) is 12.6 Å². The summed E-state index contributed by atoms with van der Waals surface area (Å²) in [7, 11) is 0. The Bertz CT molecular complexity index is 692. The lowest BCUT2D eigenvalue weighted by atomic mass is 10.1. The summed E-state index contributed by atoms with van der Waals surface area (Å²) < 4.78 is 0. The molecule has 1 atom stereocenters. The third kappa shape index (κ3) is 4.19. The van der Waals surface area contributed by atoms with Gasteiger partial charge in [-0.25, -0.2) is 4.79 Å². The van der Waals surface area contributed by atoms with E-state index in [2.05, 4.69) is 10.3 Å². The predicted octanol–water partition coefficient (Wildman–Crippen LogP) is 2.81. The number of carbonyl (C=O) groups is 2. The number of hydrogen-bond acceptors (Lipinski definition) is 3. The number of benzene rings is 1. The first-order valence-electron chi connectivity index (χ1n) is 6.36. The summed E-state index contributed by atoms with van der Waals surface area (Å²) >= 11 is 11.7. The van der Waals surface area contributed by atoms with E-state index in [0.29, 0.717) is 15.6 Å². The molecule has 0 aliphatic heterocycles. The van der Waals surface area contributed by atoms with Gasteiger partial charge in [0.05, 0.1) is 10.0 Å². The maximum absolute atomic E-state index is 12.0. The van der Waals surface area contributed by atoms with Crippen LogP contribution in [0.2, 0.25) is 10.0 Å². The zero-order valence-electron chi connectivity index (χ0n) is 11.3. The number of amides is 1. The highest BCUT2D eigenvalue weighted by molar-refractivity contribution is 6.42. The van der Waals surface area contributed by atoms with E-state index >= 15 is 0 Å². The molecule has 0 saturated carbocycles. The molecule has 2 N–H and O–H groups in total. The largest absolute Gasteiger partial charge is 0.480 e. The van der Waals surface area contributed by atoms with Crippen molar-refractivity contribution in [1.29, 1.82) is 0 Å². The van der Waals surface area contributed by atoms with Crippen molar-refractivity contribution in [3.05, 3.63) is 63.9 Å². The fourth-order valence-corrected chi connectivity index (χ4v) is 2.15. The van der Waals surface area contributed by atoms with E-state index in [9.17, 15) is 14.7 Å². The number of carboxylic acid groups (broad SMARTS) is 1. The van der Waals surface area contributed by atoms with Gasteiger partial charge in [-0.05, 0) is 29.8 Å². The van der Waals surface area contributed by atoms with Gasteiger partial charge in [0.25, 0.3) is 5.91 Å². The minimum absolute atomic E-state index is 0.0881. The molecule has 2 rings (SSSR count). The normalized spacial score (nSPS) is 11.7. The monoisotopic (exact) mass is 338 g/mol. The smallest absolute Gasteiger partial charge is 0.326 e. The number of carbonyl (C=O) groups excluding carboxylic acids is 1. The number of hydrogen-bond donors (Lipinski definition) is 2. The van der Waals surface area contributed by atoms with Crippen molar-refractivity contribution in [3.8, 4) is 0 Å². The average Bonchev–Trinajstić information content (AvgIpc) is 2.51. The molecule has 22 heavy (non-hydrogen) atoms. The van der Waals surface area contributed by atoms with Crippen LogP contribution in [0.25, 0.3) is 0 Å². The Kier molecular flexibility index (Phi) is 5.35. The Labute approximate surface area is 136 Å². The molecule has 2 aromatic rings. The zero-order chi connectivity index (χ0) is 16.1. The van der Waals surface area contributed by atoms with E-state index in [-0.39, 0.29) is 12.1 Å². The van der Waals surface area contributed by atoms with Crippen LogP contribution in [0.15, 0.2) is 42.6 Å². The number of nitrogens with zero attached hydrogens (tertiary/aromatic N) is 1. The van der Waals surface area contributed by atoms with Crippen molar-refractivity contribution in [2.75, 3.05) is 0 Å². The van der Waals surface area contributed by atoms with Crippen LogP contribution in [-0.2, 0) is 11.2 Å². The second-order valence-corrected chi connectivity index (χ2v) is 5.35. The Hall–Kier alpha value is -2.11. The summed E-state index contributed by atoms with van der Waals surface area (Å²) in [6.07, 6.45) is 1.55. The number of aliphatic carboxylic acids is 1. The minimum atomic E-state index is -1.14. The van der Waals surface area contributed by atoms with Crippen molar-refractivity contribution in [3.63, 3.8) is 0 Å². The maximum Gasteiger partial charge on any atom is 0.326 e. The van der Waals surface area contributed by atoms with Gasteiger partial charge in [0.15, 0.2) is 0 Å². The molecular weight excluding hydrogens is 327 g/mol. The summed E-state index contributed by atoms with van der Waals surface area (Å²) in [5.41, 5.74) is 0.811. The Balaban J connectivity index is 2.12. The summed E-state index contributed by atoms with van der Waals surface area (Å²) in [6, 6.07) is 8.56. The average molecular weight is 339 g/mol. The van der Waals surface area contributed by atoms with Gasteiger partial charge in [-0.2, -0.15) is 0 Å². The molecule has 114 valence electrons. The maximum atomic E-state index is 12.0. The zero-order valence-corrected chi connectivity index (χ0v) is 12.8. The number of pyridine rings is 1. The predicted molar refractivity (Wildman–Crippen MR) is 83.3 cm³/mol. The van der Waals surface area contributed by atoms with E-state index in [0.717, 1.165) is 0 Å². The van der Waals surface area contributed by atoms with Crippen LogP contribution in [-0.4, -0.2) is 28.0 Å². The summed E-state index contributed by atoms with van der Waals surface area (Å²) in [4.78, 5) is 27.2.